The zero-order valence-corrected chi connectivity index (χ0v) is 15.2. The van der Waals surface area contributed by atoms with Crippen molar-refractivity contribution >= 4 is 17.3 Å². The second-order valence-corrected chi connectivity index (χ2v) is 6.26. The van der Waals surface area contributed by atoms with Gasteiger partial charge in [-0.25, -0.2) is 0 Å². The molecule has 6 nitrogen and oxygen atoms in total. The molecule has 0 aliphatic rings. The number of aryl methyl sites for hydroxylation is 1. The fourth-order valence-electron chi connectivity index (χ4n) is 2.69. The van der Waals surface area contributed by atoms with Gasteiger partial charge in [0.2, 0.25) is 5.91 Å². The average Bonchev–Trinajstić information content (AvgIpc) is 2.71. The van der Waals surface area contributed by atoms with Crippen molar-refractivity contribution in [1.82, 2.24) is 0 Å². The minimum Gasteiger partial charge on any atom is -0.457 e. The van der Waals surface area contributed by atoms with Gasteiger partial charge in [0, 0.05) is 24.2 Å². The molecule has 0 saturated heterocycles. The molecule has 0 aliphatic heterocycles. The molecule has 0 aliphatic carbocycles. The van der Waals surface area contributed by atoms with Gasteiger partial charge in [-0.15, -0.1) is 0 Å². The molecule has 0 atom stereocenters. The molecule has 0 aromatic heterocycles. The number of rotatable bonds is 8. The van der Waals surface area contributed by atoms with Crippen molar-refractivity contribution in [1.29, 1.82) is 0 Å². The maximum Gasteiger partial charge on any atom is 0.269 e. The van der Waals surface area contributed by atoms with Crippen LogP contribution in [0.2, 0.25) is 0 Å². The summed E-state index contributed by atoms with van der Waals surface area (Å²) >= 11 is 0. The van der Waals surface area contributed by atoms with Crippen molar-refractivity contribution in [2.45, 2.75) is 19.3 Å². The molecule has 1 N–H and O–H groups in total. The van der Waals surface area contributed by atoms with Crippen LogP contribution in [0.1, 0.15) is 18.4 Å². The van der Waals surface area contributed by atoms with E-state index in [1.807, 2.05) is 30.3 Å². The van der Waals surface area contributed by atoms with Crippen LogP contribution in [-0.4, -0.2) is 10.8 Å². The first-order valence-corrected chi connectivity index (χ1v) is 8.96. The Balaban J connectivity index is 1.43. The van der Waals surface area contributed by atoms with Crippen LogP contribution in [0.4, 0.5) is 11.4 Å². The Kier molecular flexibility index (Phi) is 6.36. The minimum absolute atomic E-state index is 0.0705. The van der Waals surface area contributed by atoms with Crippen LogP contribution in [0.5, 0.6) is 11.5 Å². The summed E-state index contributed by atoms with van der Waals surface area (Å²) < 4.78 is 5.72. The van der Waals surface area contributed by atoms with Crippen LogP contribution in [0.3, 0.4) is 0 Å². The smallest absolute Gasteiger partial charge is 0.269 e. The number of amides is 1. The molecular weight excluding hydrogens is 356 g/mol. The third kappa shape index (κ3) is 5.67. The topological polar surface area (TPSA) is 81.5 Å². The molecule has 28 heavy (non-hydrogen) atoms. The molecule has 0 heterocycles. The van der Waals surface area contributed by atoms with Gasteiger partial charge in [0.25, 0.3) is 5.69 Å². The standard InChI is InChI=1S/C22H20N2O4/c25-22(8-4-5-17-9-13-19(14-10-17)24(26)27)23-18-11-15-21(16-12-18)28-20-6-2-1-3-7-20/h1-3,6-7,9-16H,4-5,8H2,(H,23,25). The van der Waals surface area contributed by atoms with Crippen molar-refractivity contribution in [3.8, 4) is 11.5 Å². The Morgan fingerprint density at radius 2 is 1.54 bits per heavy atom. The quantitative estimate of drug-likeness (QED) is 0.424. The summed E-state index contributed by atoms with van der Waals surface area (Å²) in [6, 6.07) is 23.1. The van der Waals surface area contributed by atoms with Crippen molar-refractivity contribution in [2.75, 3.05) is 5.32 Å². The molecule has 142 valence electrons. The van der Waals surface area contributed by atoms with Crippen molar-refractivity contribution < 1.29 is 14.5 Å². The molecule has 6 heteroatoms. The molecule has 0 radical (unpaired) electrons. The number of anilines is 1. The number of nitro benzene ring substituents is 1. The predicted molar refractivity (Wildman–Crippen MR) is 108 cm³/mol. The highest BCUT2D eigenvalue weighted by Crippen LogP contribution is 2.22. The molecule has 3 rings (SSSR count). The van der Waals surface area contributed by atoms with Gasteiger partial charge in [0.05, 0.1) is 4.92 Å². The van der Waals surface area contributed by atoms with E-state index in [1.54, 1.807) is 36.4 Å². The van der Waals surface area contributed by atoms with E-state index in [9.17, 15) is 14.9 Å². The summed E-state index contributed by atoms with van der Waals surface area (Å²) in [5.41, 5.74) is 1.75. The number of hydrogen-bond acceptors (Lipinski definition) is 4. The maximum absolute atomic E-state index is 12.1. The lowest BCUT2D eigenvalue weighted by molar-refractivity contribution is -0.384. The fourth-order valence-corrected chi connectivity index (χ4v) is 2.69. The van der Waals surface area contributed by atoms with E-state index in [0.29, 0.717) is 30.7 Å². The van der Waals surface area contributed by atoms with Crippen LogP contribution < -0.4 is 10.1 Å². The minimum atomic E-state index is -0.423. The highest BCUT2D eigenvalue weighted by atomic mass is 16.6. The Labute approximate surface area is 162 Å². The largest absolute Gasteiger partial charge is 0.457 e. The van der Waals surface area contributed by atoms with Gasteiger partial charge in [0.15, 0.2) is 0 Å². The average molecular weight is 376 g/mol. The van der Waals surface area contributed by atoms with E-state index in [2.05, 4.69) is 5.32 Å². The molecule has 1 amide bonds. The van der Waals surface area contributed by atoms with Gasteiger partial charge in [-0.1, -0.05) is 30.3 Å². The van der Waals surface area contributed by atoms with Crippen molar-refractivity contribution in [2.24, 2.45) is 0 Å². The van der Waals surface area contributed by atoms with Crippen molar-refractivity contribution in [3.05, 3.63) is 94.5 Å². The summed E-state index contributed by atoms with van der Waals surface area (Å²) in [5.74, 6) is 1.38. The van der Waals surface area contributed by atoms with Crippen molar-refractivity contribution in [3.63, 3.8) is 0 Å². The normalized spacial score (nSPS) is 10.3. The van der Waals surface area contributed by atoms with E-state index in [4.69, 9.17) is 4.74 Å². The lowest BCUT2D eigenvalue weighted by Crippen LogP contribution is -2.11. The first-order chi connectivity index (χ1) is 13.6. The lowest BCUT2D eigenvalue weighted by atomic mass is 10.1. The van der Waals surface area contributed by atoms with Gasteiger partial charge >= 0.3 is 0 Å². The van der Waals surface area contributed by atoms with Crippen LogP contribution >= 0.6 is 0 Å². The van der Waals surface area contributed by atoms with Gasteiger partial charge in [0.1, 0.15) is 11.5 Å². The third-order valence-electron chi connectivity index (χ3n) is 4.13. The number of non-ortho nitro benzene ring substituents is 1. The van der Waals surface area contributed by atoms with Crippen LogP contribution in [0.15, 0.2) is 78.9 Å². The molecule has 0 unspecified atom stereocenters. The lowest BCUT2D eigenvalue weighted by Gasteiger charge is -2.08. The predicted octanol–water partition coefficient (Wildman–Crippen LogP) is 5.35. The number of para-hydroxylation sites is 1. The summed E-state index contributed by atoms with van der Waals surface area (Å²) in [5, 5.41) is 13.5. The van der Waals surface area contributed by atoms with Crippen LogP contribution in [0.25, 0.3) is 0 Å². The van der Waals surface area contributed by atoms with E-state index in [-0.39, 0.29) is 11.6 Å². The van der Waals surface area contributed by atoms with E-state index < -0.39 is 4.92 Å². The van der Waals surface area contributed by atoms with Gasteiger partial charge in [-0.05, 0) is 54.8 Å². The number of carbonyl (C=O) groups excluding carboxylic acids is 1. The second-order valence-electron chi connectivity index (χ2n) is 6.26. The van der Waals surface area contributed by atoms with Crippen LogP contribution in [0, 0.1) is 10.1 Å². The van der Waals surface area contributed by atoms with E-state index in [1.165, 1.54) is 12.1 Å². The highest BCUT2D eigenvalue weighted by Gasteiger charge is 2.06. The van der Waals surface area contributed by atoms with E-state index in [0.717, 1.165) is 11.3 Å². The molecule has 0 bridgehead atoms. The van der Waals surface area contributed by atoms with Gasteiger partial charge in [-0.2, -0.15) is 0 Å². The van der Waals surface area contributed by atoms with Gasteiger partial charge in [-0.3, -0.25) is 14.9 Å². The molecule has 0 saturated carbocycles. The number of carbonyl (C=O) groups is 1. The number of hydrogen-bond donors (Lipinski definition) is 1. The monoisotopic (exact) mass is 376 g/mol. The SMILES string of the molecule is O=C(CCCc1ccc([N+](=O)[O-])cc1)Nc1ccc(Oc2ccccc2)cc1. The second kappa shape index (κ2) is 9.32. The van der Waals surface area contributed by atoms with Crippen LogP contribution in [-0.2, 0) is 11.2 Å². The maximum atomic E-state index is 12.1. The molecule has 0 fully saturated rings. The Morgan fingerprint density at radius 3 is 2.18 bits per heavy atom. The third-order valence-corrected chi connectivity index (χ3v) is 4.13. The number of benzene rings is 3. The summed E-state index contributed by atoms with van der Waals surface area (Å²) in [6.07, 6.45) is 1.73. The number of ether oxygens (including phenoxy) is 1. The molecule has 0 spiro atoms. The molecular formula is C22H20N2O4. The molecule has 3 aromatic rings. The number of nitrogens with one attached hydrogen (secondary N) is 1. The summed E-state index contributed by atoms with van der Waals surface area (Å²) in [6.45, 7) is 0. The summed E-state index contributed by atoms with van der Waals surface area (Å²) in [7, 11) is 0. The Bertz CT molecular complexity index is 923. The van der Waals surface area contributed by atoms with Gasteiger partial charge < -0.3 is 10.1 Å². The zero-order valence-electron chi connectivity index (χ0n) is 15.2. The Hall–Kier alpha value is -3.67. The Morgan fingerprint density at radius 1 is 0.893 bits per heavy atom. The number of nitro groups is 1. The highest BCUT2D eigenvalue weighted by molar-refractivity contribution is 5.90. The first-order valence-electron chi connectivity index (χ1n) is 8.96. The first kappa shape index (κ1) is 19.1. The molecule has 3 aromatic carbocycles. The summed E-state index contributed by atoms with van der Waals surface area (Å²) in [4.78, 5) is 22.3. The van der Waals surface area contributed by atoms with E-state index >= 15 is 0 Å². The fraction of sp³-hybridized carbons (Fsp3) is 0.136. The zero-order chi connectivity index (χ0) is 19.8. The number of nitrogens with zero attached hydrogens (tertiary/aromatic N) is 1.